The number of carbonyl (C=O) groups excluding carboxylic acids is 1. The molecule has 0 atom stereocenters. The Bertz CT molecular complexity index is 1010. The molecule has 1 aliphatic heterocycles. The van der Waals surface area contributed by atoms with Gasteiger partial charge < -0.3 is 19.8 Å². The van der Waals surface area contributed by atoms with Crippen LogP contribution in [0.25, 0.3) is 11.0 Å². The zero-order valence-electron chi connectivity index (χ0n) is 16.2. The summed E-state index contributed by atoms with van der Waals surface area (Å²) in [5.41, 5.74) is 2.71. The van der Waals surface area contributed by atoms with E-state index >= 15 is 0 Å². The molecular weight excluding hydrogens is 368 g/mol. The molecule has 1 saturated heterocycles. The lowest BCUT2D eigenvalue weighted by atomic mass is 10.1. The second kappa shape index (κ2) is 8.89. The zero-order valence-corrected chi connectivity index (χ0v) is 16.2. The van der Waals surface area contributed by atoms with Crippen LogP contribution in [-0.4, -0.2) is 53.6 Å². The molecule has 1 aromatic carbocycles. The number of hydrogen-bond donors (Lipinski definition) is 2. The maximum Gasteiger partial charge on any atom is 0.247 e. The van der Waals surface area contributed by atoms with E-state index < -0.39 is 0 Å². The lowest BCUT2D eigenvalue weighted by Crippen LogP contribution is -2.37. The second-order valence-electron chi connectivity index (χ2n) is 6.91. The third kappa shape index (κ3) is 4.82. The van der Waals surface area contributed by atoms with E-state index in [4.69, 9.17) is 9.47 Å². The number of aromatic nitrogens is 2. The number of amides is 1. The van der Waals surface area contributed by atoms with Crippen LogP contribution in [0.2, 0.25) is 0 Å². The van der Waals surface area contributed by atoms with Crippen LogP contribution >= 0.6 is 0 Å². The molecule has 0 spiro atoms. The summed E-state index contributed by atoms with van der Waals surface area (Å²) in [5, 5.41) is 3.79. The number of nitrogens with one attached hydrogen (secondary N) is 2. The van der Waals surface area contributed by atoms with Crippen molar-refractivity contribution in [2.75, 3.05) is 38.2 Å². The first-order valence-electron chi connectivity index (χ1n) is 9.69. The molecule has 150 valence electrons. The number of carbonyl (C=O) groups is 1. The Hall–Kier alpha value is -3.16. The van der Waals surface area contributed by atoms with Crippen LogP contribution in [0.15, 0.2) is 55.4 Å². The number of pyridine rings is 1. The van der Waals surface area contributed by atoms with E-state index in [9.17, 15) is 4.79 Å². The summed E-state index contributed by atoms with van der Waals surface area (Å²) in [6.45, 7) is 8.02. The third-order valence-corrected chi connectivity index (χ3v) is 4.92. The van der Waals surface area contributed by atoms with Crippen molar-refractivity contribution in [1.82, 2.24) is 14.9 Å². The highest BCUT2D eigenvalue weighted by Crippen LogP contribution is 2.27. The van der Waals surface area contributed by atoms with Gasteiger partial charge in [-0.05, 0) is 36.3 Å². The molecule has 29 heavy (non-hydrogen) atoms. The molecule has 2 aromatic heterocycles. The minimum atomic E-state index is -0.262. The van der Waals surface area contributed by atoms with Crippen LogP contribution in [0.3, 0.4) is 0 Å². The normalized spacial score (nSPS) is 14.6. The number of nitrogens with zero attached hydrogens (tertiary/aromatic N) is 2. The number of fused-ring (bicyclic) bond motifs is 1. The van der Waals surface area contributed by atoms with Gasteiger partial charge in [0.1, 0.15) is 17.1 Å². The Morgan fingerprint density at radius 1 is 1.31 bits per heavy atom. The van der Waals surface area contributed by atoms with E-state index in [0.717, 1.165) is 50.3 Å². The Labute approximate surface area is 169 Å². The highest BCUT2D eigenvalue weighted by Gasteiger charge is 2.12. The number of rotatable bonds is 7. The SMILES string of the molecule is C=CC(=O)Nc1cccc(Oc2cnc3[nH]cc(CCN4CCOCC4)c3c2)c1. The molecule has 0 aliphatic carbocycles. The van der Waals surface area contributed by atoms with Gasteiger partial charge in [0, 0.05) is 43.0 Å². The number of aromatic amines is 1. The van der Waals surface area contributed by atoms with E-state index in [1.807, 2.05) is 24.4 Å². The standard InChI is InChI=1S/C22H24N4O3/c1-2-21(27)25-17-4-3-5-18(12-17)29-19-13-20-16(14-23-22(20)24-15-19)6-7-26-8-10-28-11-9-26/h2-5,12-15H,1,6-11H2,(H,23,24)(H,25,27). The van der Waals surface area contributed by atoms with Gasteiger partial charge >= 0.3 is 0 Å². The third-order valence-electron chi connectivity index (χ3n) is 4.92. The highest BCUT2D eigenvalue weighted by molar-refractivity contribution is 5.98. The van der Waals surface area contributed by atoms with Gasteiger partial charge in [-0.25, -0.2) is 4.98 Å². The van der Waals surface area contributed by atoms with Crippen LogP contribution < -0.4 is 10.1 Å². The molecule has 0 radical (unpaired) electrons. The van der Waals surface area contributed by atoms with Crippen molar-refractivity contribution in [3.05, 3.63) is 60.9 Å². The topological polar surface area (TPSA) is 79.5 Å². The van der Waals surface area contributed by atoms with Crippen LogP contribution in [0.5, 0.6) is 11.5 Å². The molecule has 1 amide bonds. The Morgan fingerprint density at radius 3 is 3.00 bits per heavy atom. The summed E-state index contributed by atoms with van der Waals surface area (Å²) < 4.78 is 11.4. The molecule has 0 unspecified atom stereocenters. The van der Waals surface area contributed by atoms with E-state index in [-0.39, 0.29) is 5.91 Å². The van der Waals surface area contributed by atoms with Gasteiger partial charge in [0.25, 0.3) is 0 Å². The maximum absolute atomic E-state index is 11.5. The lowest BCUT2D eigenvalue weighted by molar-refractivity contribution is -0.111. The first-order chi connectivity index (χ1) is 14.2. The van der Waals surface area contributed by atoms with Crippen LogP contribution in [-0.2, 0) is 16.0 Å². The summed E-state index contributed by atoms with van der Waals surface area (Å²) in [7, 11) is 0. The van der Waals surface area contributed by atoms with Gasteiger partial charge in [-0.2, -0.15) is 0 Å². The van der Waals surface area contributed by atoms with Crippen LogP contribution in [0, 0.1) is 0 Å². The van der Waals surface area contributed by atoms with Gasteiger partial charge in [-0.3, -0.25) is 9.69 Å². The molecule has 1 aliphatic rings. The fourth-order valence-electron chi connectivity index (χ4n) is 3.37. The molecule has 2 N–H and O–H groups in total. The minimum Gasteiger partial charge on any atom is -0.456 e. The molecule has 0 bridgehead atoms. The fourth-order valence-corrected chi connectivity index (χ4v) is 3.37. The maximum atomic E-state index is 11.5. The van der Waals surface area contributed by atoms with Crippen LogP contribution in [0.4, 0.5) is 5.69 Å². The second-order valence-corrected chi connectivity index (χ2v) is 6.91. The van der Waals surface area contributed by atoms with Crippen molar-refractivity contribution in [3.63, 3.8) is 0 Å². The van der Waals surface area contributed by atoms with E-state index in [0.29, 0.717) is 17.2 Å². The van der Waals surface area contributed by atoms with Crippen molar-refractivity contribution in [1.29, 1.82) is 0 Å². The van der Waals surface area contributed by atoms with Crippen molar-refractivity contribution in [2.45, 2.75) is 6.42 Å². The molecule has 3 aromatic rings. The molecule has 7 nitrogen and oxygen atoms in total. The summed E-state index contributed by atoms with van der Waals surface area (Å²) in [6.07, 6.45) is 5.89. The quantitative estimate of drug-likeness (QED) is 0.603. The van der Waals surface area contributed by atoms with Crippen LogP contribution in [0.1, 0.15) is 5.56 Å². The van der Waals surface area contributed by atoms with Crippen molar-refractivity contribution in [3.8, 4) is 11.5 Å². The largest absolute Gasteiger partial charge is 0.456 e. The Morgan fingerprint density at radius 2 is 2.17 bits per heavy atom. The molecule has 7 heteroatoms. The number of benzene rings is 1. The first-order valence-corrected chi connectivity index (χ1v) is 9.69. The molecule has 3 heterocycles. The van der Waals surface area contributed by atoms with E-state index in [1.165, 1.54) is 11.6 Å². The van der Waals surface area contributed by atoms with Gasteiger partial charge in [0.2, 0.25) is 5.91 Å². The molecule has 0 saturated carbocycles. The number of morpholine rings is 1. The molecule has 1 fully saturated rings. The van der Waals surface area contributed by atoms with Crippen molar-refractivity contribution in [2.24, 2.45) is 0 Å². The smallest absolute Gasteiger partial charge is 0.247 e. The van der Waals surface area contributed by atoms with E-state index in [1.54, 1.807) is 18.3 Å². The Balaban J connectivity index is 1.47. The number of ether oxygens (including phenoxy) is 2. The molecule has 4 rings (SSSR count). The summed E-state index contributed by atoms with van der Waals surface area (Å²) >= 11 is 0. The predicted octanol–water partition coefficient (Wildman–Crippen LogP) is 3.35. The lowest BCUT2D eigenvalue weighted by Gasteiger charge is -2.26. The van der Waals surface area contributed by atoms with E-state index in [2.05, 4.69) is 26.8 Å². The van der Waals surface area contributed by atoms with Crippen molar-refractivity contribution < 1.29 is 14.3 Å². The van der Waals surface area contributed by atoms with Gasteiger partial charge in [-0.1, -0.05) is 12.6 Å². The minimum absolute atomic E-state index is 0.262. The van der Waals surface area contributed by atoms with Gasteiger partial charge in [-0.15, -0.1) is 0 Å². The Kier molecular flexibility index (Phi) is 5.88. The number of H-pyrrole nitrogens is 1. The monoisotopic (exact) mass is 392 g/mol. The number of hydrogen-bond acceptors (Lipinski definition) is 5. The van der Waals surface area contributed by atoms with Gasteiger partial charge in [0.05, 0.1) is 19.4 Å². The highest BCUT2D eigenvalue weighted by atomic mass is 16.5. The summed E-state index contributed by atoms with van der Waals surface area (Å²) in [4.78, 5) is 21.6. The number of anilines is 1. The zero-order chi connectivity index (χ0) is 20.1. The fraction of sp³-hybridized carbons (Fsp3) is 0.273. The average Bonchev–Trinajstić information content (AvgIpc) is 3.15. The average molecular weight is 392 g/mol. The van der Waals surface area contributed by atoms with Gasteiger partial charge in [0.15, 0.2) is 0 Å². The van der Waals surface area contributed by atoms with Crippen molar-refractivity contribution >= 4 is 22.6 Å². The first kappa shape index (κ1) is 19.2. The molecular formula is C22H24N4O3. The predicted molar refractivity (Wildman–Crippen MR) is 112 cm³/mol. The summed E-state index contributed by atoms with van der Waals surface area (Å²) in [6, 6.07) is 9.23. The summed E-state index contributed by atoms with van der Waals surface area (Å²) in [5.74, 6) is 1.01.